The van der Waals surface area contributed by atoms with Crippen molar-refractivity contribution in [2.45, 2.75) is 32.6 Å². The number of hydrogen-bond acceptors (Lipinski definition) is 6. The summed E-state index contributed by atoms with van der Waals surface area (Å²) in [6.07, 6.45) is 3.54. The van der Waals surface area contributed by atoms with Gasteiger partial charge in [-0.2, -0.15) is 0 Å². The summed E-state index contributed by atoms with van der Waals surface area (Å²) in [5.74, 6) is -0.187. The Morgan fingerprint density at radius 3 is 2.57 bits per heavy atom. The summed E-state index contributed by atoms with van der Waals surface area (Å²) in [6, 6.07) is 13.3. The van der Waals surface area contributed by atoms with Gasteiger partial charge in [-0.15, -0.1) is 0 Å². The van der Waals surface area contributed by atoms with Crippen molar-refractivity contribution in [2.24, 2.45) is 10.7 Å². The van der Waals surface area contributed by atoms with Gasteiger partial charge in [-0.1, -0.05) is 43.3 Å². The van der Waals surface area contributed by atoms with E-state index in [0.29, 0.717) is 36.6 Å². The molecular weight excluding hydrogens is 449 g/mol. The number of aliphatic hydroxyl groups is 1. The van der Waals surface area contributed by atoms with Crippen molar-refractivity contribution in [1.82, 2.24) is 4.90 Å². The summed E-state index contributed by atoms with van der Waals surface area (Å²) >= 11 is 0. The molecule has 2 aromatic carbocycles. The van der Waals surface area contributed by atoms with Gasteiger partial charge < -0.3 is 20.5 Å². The first-order valence-electron chi connectivity index (χ1n) is 11.8. The normalized spacial score (nSPS) is 12.8. The van der Waals surface area contributed by atoms with Gasteiger partial charge in [0.2, 0.25) is 5.91 Å². The van der Waals surface area contributed by atoms with Crippen LogP contribution < -0.4 is 5.73 Å². The number of aliphatic hydroxyl groups excluding tert-OH is 1. The molecule has 2 aromatic rings. The van der Waals surface area contributed by atoms with Gasteiger partial charge in [-0.3, -0.25) is 9.59 Å². The lowest BCUT2D eigenvalue weighted by Crippen LogP contribution is -2.35. The molecule has 186 valence electrons. The summed E-state index contributed by atoms with van der Waals surface area (Å²) in [7, 11) is 0. The molecule has 3 rings (SSSR count). The summed E-state index contributed by atoms with van der Waals surface area (Å²) in [4.78, 5) is 31.2. The van der Waals surface area contributed by atoms with Crippen molar-refractivity contribution in [1.29, 1.82) is 0 Å². The zero-order valence-corrected chi connectivity index (χ0v) is 20.0. The summed E-state index contributed by atoms with van der Waals surface area (Å²) < 4.78 is 16.9. The highest BCUT2D eigenvalue weighted by atomic mass is 19.1. The van der Waals surface area contributed by atoms with E-state index in [1.54, 1.807) is 4.90 Å². The van der Waals surface area contributed by atoms with Crippen LogP contribution in [0.15, 0.2) is 53.0 Å². The van der Waals surface area contributed by atoms with Crippen LogP contribution in [0.4, 0.5) is 10.1 Å². The first-order chi connectivity index (χ1) is 16.9. The number of ether oxygens (including phenoxy) is 1. The van der Waals surface area contributed by atoms with E-state index in [0.717, 1.165) is 28.7 Å². The Kier molecular flexibility index (Phi) is 9.55. The lowest BCUT2D eigenvalue weighted by Gasteiger charge is -2.23. The quantitative estimate of drug-likeness (QED) is 0.475. The second-order valence-electron chi connectivity index (χ2n) is 8.38. The van der Waals surface area contributed by atoms with Crippen LogP contribution in [0, 0.1) is 0 Å². The van der Waals surface area contributed by atoms with E-state index in [2.05, 4.69) is 4.99 Å². The third kappa shape index (κ3) is 7.23. The first kappa shape index (κ1) is 26.1. The van der Waals surface area contributed by atoms with Crippen LogP contribution in [0.5, 0.6) is 0 Å². The van der Waals surface area contributed by atoms with E-state index in [9.17, 15) is 19.1 Å². The van der Waals surface area contributed by atoms with E-state index >= 15 is 0 Å². The molecule has 0 bridgehead atoms. The fourth-order valence-electron chi connectivity index (χ4n) is 3.94. The zero-order chi connectivity index (χ0) is 25.2. The molecule has 8 heteroatoms. The fraction of sp³-hybridized carbons (Fsp3) is 0.370. The van der Waals surface area contributed by atoms with Crippen LogP contribution in [0.2, 0.25) is 0 Å². The van der Waals surface area contributed by atoms with Crippen molar-refractivity contribution in [3.05, 3.63) is 59.2 Å². The summed E-state index contributed by atoms with van der Waals surface area (Å²) in [5, 5.41) is 9.17. The van der Waals surface area contributed by atoms with Crippen molar-refractivity contribution >= 4 is 29.5 Å². The highest BCUT2D eigenvalue weighted by Crippen LogP contribution is 2.32. The molecule has 0 fully saturated rings. The number of hydrogen-bond donors (Lipinski definition) is 2. The molecular formula is C27H32FN3O4. The number of halogens is 1. The molecule has 0 radical (unpaired) electrons. The molecule has 0 atom stereocenters. The van der Waals surface area contributed by atoms with Crippen molar-refractivity contribution in [3.8, 4) is 11.1 Å². The molecule has 0 saturated carbocycles. The van der Waals surface area contributed by atoms with Gasteiger partial charge in [0.15, 0.2) is 0 Å². The van der Waals surface area contributed by atoms with Gasteiger partial charge in [0.25, 0.3) is 0 Å². The second-order valence-corrected chi connectivity index (χ2v) is 8.38. The Hall–Kier alpha value is -3.52. The molecule has 1 aliphatic rings. The van der Waals surface area contributed by atoms with Gasteiger partial charge >= 0.3 is 5.97 Å². The third-order valence-corrected chi connectivity index (χ3v) is 5.61. The number of alkyl halides is 1. The SMILES string of the molecule is CCCN(CCCO)C(=O)C1=Cc2ccc(-c3ccc(CC(=O)OCCF)cc3)cc2N=C(N)C1. The minimum absolute atomic E-state index is 0.0337. The smallest absolute Gasteiger partial charge is 0.310 e. The number of nitrogens with zero attached hydrogens (tertiary/aromatic N) is 2. The van der Waals surface area contributed by atoms with E-state index in [1.165, 1.54) is 0 Å². The molecule has 1 aliphatic heterocycles. The van der Waals surface area contributed by atoms with Crippen LogP contribution in [0.3, 0.4) is 0 Å². The van der Waals surface area contributed by atoms with Gasteiger partial charge in [-0.25, -0.2) is 9.38 Å². The fourth-order valence-corrected chi connectivity index (χ4v) is 3.94. The van der Waals surface area contributed by atoms with E-state index < -0.39 is 12.6 Å². The monoisotopic (exact) mass is 481 g/mol. The van der Waals surface area contributed by atoms with Crippen LogP contribution in [-0.2, 0) is 20.7 Å². The predicted molar refractivity (Wildman–Crippen MR) is 135 cm³/mol. The van der Waals surface area contributed by atoms with E-state index in [4.69, 9.17) is 10.5 Å². The molecule has 7 nitrogen and oxygen atoms in total. The molecule has 3 N–H and O–H groups in total. The predicted octanol–water partition coefficient (Wildman–Crippen LogP) is 3.81. The Labute approximate surface area is 205 Å². The maximum absolute atomic E-state index is 13.2. The number of aliphatic imine (C=N–C) groups is 1. The molecule has 0 aliphatic carbocycles. The number of carbonyl (C=O) groups is 2. The van der Waals surface area contributed by atoms with Crippen LogP contribution in [0.25, 0.3) is 17.2 Å². The summed E-state index contributed by atoms with van der Waals surface area (Å²) in [6.45, 7) is 2.23. The molecule has 35 heavy (non-hydrogen) atoms. The molecule has 1 amide bonds. The lowest BCUT2D eigenvalue weighted by atomic mass is 9.99. The summed E-state index contributed by atoms with van der Waals surface area (Å²) in [5.41, 5.74) is 10.9. The second kappa shape index (κ2) is 12.8. The Balaban J connectivity index is 1.81. The molecule has 1 heterocycles. The van der Waals surface area contributed by atoms with Gasteiger partial charge in [0, 0.05) is 37.3 Å². The Morgan fingerprint density at radius 1 is 1.14 bits per heavy atom. The van der Waals surface area contributed by atoms with E-state index in [-0.39, 0.29) is 32.0 Å². The number of esters is 1. The molecule has 0 spiro atoms. The lowest BCUT2D eigenvalue weighted by molar-refractivity contribution is -0.143. The number of amidine groups is 1. The molecule has 0 aromatic heterocycles. The zero-order valence-electron chi connectivity index (χ0n) is 20.0. The van der Waals surface area contributed by atoms with Gasteiger partial charge in [0.05, 0.1) is 12.1 Å². The van der Waals surface area contributed by atoms with Crippen molar-refractivity contribution in [2.75, 3.05) is 33.0 Å². The van der Waals surface area contributed by atoms with Crippen molar-refractivity contribution < 1.29 is 23.8 Å². The number of benzene rings is 2. The standard InChI is InChI=1S/C27H32FN3O4/c1-2-11-31(12-3-13-32)27(34)23-16-22-9-8-21(17-24(22)30-25(29)18-23)20-6-4-19(5-7-20)15-26(33)35-14-10-28/h4-9,16-17,32H,2-3,10-15,18H2,1H3,(H2,29,30). The highest BCUT2D eigenvalue weighted by Gasteiger charge is 2.21. The van der Waals surface area contributed by atoms with Gasteiger partial charge in [0.1, 0.15) is 19.1 Å². The van der Waals surface area contributed by atoms with E-state index in [1.807, 2.05) is 55.5 Å². The number of nitrogens with two attached hydrogens (primary N) is 1. The van der Waals surface area contributed by atoms with Gasteiger partial charge in [-0.05, 0) is 41.7 Å². The van der Waals surface area contributed by atoms with Crippen LogP contribution in [0.1, 0.15) is 37.3 Å². The Bertz CT molecular complexity index is 1100. The molecule has 0 saturated heterocycles. The Morgan fingerprint density at radius 2 is 1.89 bits per heavy atom. The van der Waals surface area contributed by atoms with Crippen LogP contribution in [-0.4, -0.2) is 60.7 Å². The third-order valence-electron chi connectivity index (χ3n) is 5.61. The average molecular weight is 482 g/mol. The molecule has 0 unspecified atom stereocenters. The number of amides is 1. The minimum atomic E-state index is -0.693. The topological polar surface area (TPSA) is 105 Å². The maximum Gasteiger partial charge on any atom is 0.310 e. The van der Waals surface area contributed by atoms with Crippen molar-refractivity contribution in [3.63, 3.8) is 0 Å². The largest absolute Gasteiger partial charge is 0.463 e. The minimum Gasteiger partial charge on any atom is -0.463 e. The average Bonchev–Trinajstić information content (AvgIpc) is 3.02. The maximum atomic E-state index is 13.2. The highest BCUT2D eigenvalue weighted by molar-refractivity contribution is 6.05. The number of rotatable bonds is 11. The first-order valence-corrected chi connectivity index (χ1v) is 11.8. The van der Waals surface area contributed by atoms with Crippen LogP contribution >= 0.6 is 0 Å². The number of fused-ring (bicyclic) bond motifs is 1. The number of carbonyl (C=O) groups excluding carboxylic acids is 2.